The summed E-state index contributed by atoms with van der Waals surface area (Å²) in [5, 5.41) is 3.29. The van der Waals surface area contributed by atoms with E-state index in [0.717, 1.165) is 0 Å². The van der Waals surface area contributed by atoms with E-state index in [-0.39, 0.29) is 5.02 Å². The maximum Gasteiger partial charge on any atom is 0.327 e. The number of benzene rings is 1. The molecule has 1 rings (SSSR count). The standard InChI is InChI=1S/C12H14Cl2N2O3/c1-6(11(15)17)16-10(12(18)19-2)7-4-3-5-8(13)9(7)14/h3-6,10,16H,1-2H3,(H2,15,17)/t6-,10-/m0/s1. The van der Waals surface area contributed by atoms with Crippen LogP contribution in [0.3, 0.4) is 0 Å². The number of rotatable bonds is 5. The number of amides is 1. The number of primary amides is 1. The lowest BCUT2D eigenvalue weighted by Crippen LogP contribution is -2.43. The molecule has 0 aliphatic heterocycles. The predicted molar refractivity (Wildman–Crippen MR) is 73.0 cm³/mol. The fourth-order valence-electron chi connectivity index (χ4n) is 1.48. The first-order valence-electron chi connectivity index (χ1n) is 5.45. The second kappa shape index (κ2) is 6.75. The number of carbonyl (C=O) groups excluding carboxylic acids is 2. The molecule has 0 aliphatic rings. The van der Waals surface area contributed by atoms with Gasteiger partial charge in [-0.05, 0) is 13.0 Å². The summed E-state index contributed by atoms with van der Waals surface area (Å²) in [6, 6.07) is 3.23. The highest BCUT2D eigenvalue weighted by Gasteiger charge is 2.27. The van der Waals surface area contributed by atoms with Gasteiger partial charge in [0.25, 0.3) is 0 Å². The van der Waals surface area contributed by atoms with Gasteiger partial charge in [0, 0.05) is 5.56 Å². The van der Waals surface area contributed by atoms with Gasteiger partial charge in [0.1, 0.15) is 6.04 Å². The quantitative estimate of drug-likeness (QED) is 0.811. The Morgan fingerprint density at radius 1 is 1.37 bits per heavy atom. The van der Waals surface area contributed by atoms with E-state index in [2.05, 4.69) is 10.1 Å². The van der Waals surface area contributed by atoms with Crippen molar-refractivity contribution in [3.63, 3.8) is 0 Å². The topological polar surface area (TPSA) is 81.4 Å². The van der Waals surface area contributed by atoms with Crippen molar-refractivity contribution in [2.75, 3.05) is 7.11 Å². The second-order valence-electron chi connectivity index (χ2n) is 3.89. The number of halogens is 2. The molecule has 0 radical (unpaired) electrons. The molecule has 0 aliphatic carbocycles. The Hall–Kier alpha value is -1.30. The van der Waals surface area contributed by atoms with E-state index in [4.69, 9.17) is 28.9 Å². The molecule has 0 saturated carbocycles. The van der Waals surface area contributed by atoms with Gasteiger partial charge in [-0.25, -0.2) is 4.79 Å². The number of carbonyl (C=O) groups is 2. The molecule has 0 unspecified atom stereocenters. The van der Waals surface area contributed by atoms with Crippen molar-refractivity contribution in [2.24, 2.45) is 5.73 Å². The summed E-state index contributed by atoms with van der Waals surface area (Å²) in [7, 11) is 1.24. The van der Waals surface area contributed by atoms with Crippen molar-refractivity contribution < 1.29 is 14.3 Å². The number of ether oxygens (including phenoxy) is 1. The van der Waals surface area contributed by atoms with Gasteiger partial charge in [-0.1, -0.05) is 35.3 Å². The molecule has 1 aromatic carbocycles. The Kier molecular flexibility index (Phi) is 5.60. The molecule has 3 N–H and O–H groups in total. The Bertz CT molecular complexity index is 494. The number of methoxy groups -OCH3 is 1. The Morgan fingerprint density at radius 3 is 2.53 bits per heavy atom. The van der Waals surface area contributed by atoms with E-state index in [9.17, 15) is 9.59 Å². The summed E-state index contributed by atoms with van der Waals surface area (Å²) in [5.41, 5.74) is 5.58. The van der Waals surface area contributed by atoms with Crippen LogP contribution in [-0.2, 0) is 14.3 Å². The third kappa shape index (κ3) is 3.83. The first-order valence-corrected chi connectivity index (χ1v) is 6.21. The average Bonchev–Trinajstić information content (AvgIpc) is 2.38. The van der Waals surface area contributed by atoms with Crippen LogP contribution in [-0.4, -0.2) is 25.0 Å². The molecule has 0 bridgehead atoms. The number of nitrogens with one attached hydrogen (secondary N) is 1. The lowest BCUT2D eigenvalue weighted by molar-refractivity contribution is -0.143. The number of hydrogen-bond acceptors (Lipinski definition) is 4. The van der Waals surface area contributed by atoms with E-state index in [1.165, 1.54) is 14.0 Å². The Labute approximate surface area is 121 Å². The summed E-state index contributed by atoms with van der Waals surface area (Å²) in [5.74, 6) is -1.18. The van der Waals surface area contributed by atoms with Gasteiger partial charge in [-0.15, -0.1) is 0 Å². The lowest BCUT2D eigenvalue weighted by atomic mass is 10.1. The minimum absolute atomic E-state index is 0.226. The molecule has 0 saturated heterocycles. The van der Waals surface area contributed by atoms with Gasteiger partial charge in [0.2, 0.25) is 5.91 Å². The van der Waals surface area contributed by atoms with Gasteiger partial charge < -0.3 is 10.5 Å². The Morgan fingerprint density at radius 2 is 2.00 bits per heavy atom. The maximum absolute atomic E-state index is 11.8. The highest BCUT2D eigenvalue weighted by Crippen LogP contribution is 2.30. The zero-order chi connectivity index (χ0) is 14.6. The summed E-state index contributed by atoms with van der Waals surface area (Å²) in [4.78, 5) is 22.9. The smallest absolute Gasteiger partial charge is 0.327 e. The molecule has 2 atom stereocenters. The van der Waals surface area contributed by atoms with Crippen LogP contribution in [0.2, 0.25) is 10.0 Å². The van der Waals surface area contributed by atoms with E-state index in [1.54, 1.807) is 18.2 Å². The lowest BCUT2D eigenvalue weighted by Gasteiger charge is -2.21. The highest BCUT2D eigenvalue weighted by atomic mass is 35.5. The Balaban J connectivity index is 3.13. The third-order valence-electron chi connectivity index (χ3n) is 2.57. The monoisotopic (exact) mass is 304 g/mol. The molecule has 5 nitrogen and oxygen atoms in total. The zero-order valence-electron chi connectivity index (χ0n) is 10.4. The molecule has 1 aromatic rings. The molecule has 0 aromatic heterocycles. The van der Waals surface area contributed by atoms with Crippen molar-refractivity contribution in [2.45, 2.75) is 19.0 Å². The molecule has 104 valence electrons. The normalized spacial score (nSPS) is 13.7. The van der Waals surface area contributed by atoms with E-state index in [1.807, 2.05) is 0 Å². The molecule has 0 fully saturated rings. The molecular weight excluding hydrogens is 291 g/mol. The first-order chi connectivity index (χ1) is 8.88. The first kappa shape index (κ1) is 15.8. The van der Waals surface area contributed by atoms with Crippen molar-refractivity contribution in [1.29, 1.82) is 0 Å². The van der Waals surface area contributed by atoms with Crippen molar-refractivity contribution >= 4 is 35.1 Å². The second-order valence-corrected chi connectivity index (χ2v) is 4.68. The third-order valence-corrected chi connectivity index (χ3v) is 3.41. The van der Waals surface area contributed by atoms with Crippen LogP contribution < -0.4 is 11.1 Å². The average molecular weight is 305 g/mol. The van der Waals surface area contributed by atoms with E-state index >= 15 is 0 Å². The number of esters is 1. The van der Waals surface area contributed by atoms with Crippen LogP contribution in [0.4, 0.5) is 0 Å². The largest absolute Gasteiger partial charge is 0.468 e. The SMILES string of the molecule is COC(=O)[C@@H](N[C@@H](C)C(N)=O)c1cccc(Cl)c1Cl. The summed E-state index contributed by atoms with van der Waals surface area (Å²) in [6.07, 6.45) is 0. The van der Waals surface area contributed by atoms with Crippen molar-refractivity contribution in [3.8, 4) is 0 Å². The molecule has 19 heavy (non-hydrogen) atoms. The maximum atomic E-state index is 11.8. The van der Waals surface area contributed by atoms with Crippen LogP contribution in [0, 0.1) is 0 Å². The van der Waals surface area contributed by atoms with Gasteiger partial charge in [-0.3, -0.25) is 10.1 Å². The number of nitrogens with two attached hydrogens (primary N) is 1. The van der Waals surface area contributed by atoms with Crippen LogP contribution in [0.15, 0.2) is 18.2 Å². The van der Waals surface area contributed by atoms with Gasteiger partial charge >= 0.3 is 5.97 Å². The minimum Gasteiger partial charge on any atom is -0.468 e. The summed E-state index contributed by atoms with van der Waals surface area (Å²) < 4.78 is 4.69. The molecule has 1 amide bonds. The van der Waals surface area contributed by atoms with Gasteiger partial charge in [0.15, 0.2) is 0 Å². The molecular formula is C12H14Cl2N2O3. The summed E-state index contributed by atoms with van der Waals surface area (Å²) >= 11 is 12.0. The molecule has 0 heterocycles. The van der Waals surface area contributed by atoms with Crippen LogP contribution in [0.25, 0.3) is 0 Å². The molecule has 0 spiro atoms. The molecule has 7 heteroatoms. The fraction of sp³-hybridized carbons (Fsp3) is 0.333. The van der Waals surface area contributed by atoms with Crippen LogP contribution in [0.1, 0.15) is 18.5 Å². The number of hydrogen-bond donors (Lipinski definition) is 2. The zero-order valence-corrected chi connectivity index (χ0v) is 12.0. The van der Waals surface area contributed by atoms with Crippen LogP contribution in [0.5, 0.6) is 0 Å². The van der Waals surface area contributed by atoms with Crippen molar-refractivity contribution in [3.05, 3.63) is 33.8 Å². The fourth-order valence-corrected chi connectivity index (χ4v) is 1.90. The van der Waals surface area contributed by atoms with Gasteiger partial charge in [0.05, 0.1) is 23.2 Å². The summed E-state index contributed by atoms with van der Waals surface area (Å²) in [6.45, 7) is 1.54. The van der Waals surface area contributed by atoms with E-state index < -0.39 is 24.0 Å². The van der Waals surface area contributed by atoms with Crippen LogP contribution >= 0.6 is 23.2 Å². The van der Waals surface area contributed by atoms with Crippen molar-refractivity contribution in [1.82, 2.24) is 5.32 Å². The predicted octanol–water partition coefficient (Wildman–Crippen LogP) is 1.67. The highest BCUT2D eigenvalue weighted by molar-refractivity contribution is 6.42. The van der Waals surface area contributed by atoms with Gasteiger partial charge in [-0.2, -0.15) is 0 Å². The van der Waals surface area contributed by atoms with E-state index in [0.29, 0.717) is 10.6 Å². The minimum atomic E-state index is -0.918.